The molecule has 16 heavy (non-hydrogen) atoms. The van der Waals surface area contributed by atoms with Crippen LogP contribution in [0.25, 0.3) is 0 Å². The lowest BCUT2D eigenvalue weighted by Crippen LogP contribution is -2.14. The molecule has 0 unspecified atom stereocenters. The first-order chi connectivity index (χ1) is 7.09. The van der Waals surface area contributed by atoms with E-state index in [0.717, 1.165) is 18.9 Å². The van der Waals surface area contributed by atoms with Crippen LogP contribution in [0.2, 0.25) is 0 Å². The van der Waals surface area contributed by atoms with Crippen LogP contribution in [0.1, 0.15) is 30.9 Å². The van der Waals surface area contributed by atoms with Crippen LogP contribution >= 0.6 is 12.4 Å². The Morgan fingerprint density at radius 1 is 1.19 bits per heavy atom. The summed E-state index contributed by atoms with van der Waals surface area (Å²) in [5, 5.41) is 0. The van der Waals surface area contributed by atoms with Crippen LogP contribution in [-0.4, -0.2) is 0 Å². The highest BCUT2D eigenvalue weighted by atomic mass is 35.5. The lowest BCUT2D eigenvalue weighted by Gasteiger charge is -2.12. The molecule has 1 atom stereocenters. The van der Waals surface area contributed by atoms with Gasteiger partial charge in [-0.2, -0.15) is 0 Å². The van der Waals surface area contributed by atoms with E-state index in [0.29, 0.717) is 12.3 Å². The Bertz CT molecular complexity index is 380. The second-order valence-corrected chi connectivity index (χ2v) is 4.05. The SMILES string of the molecule is Cl.N[C@H](CC1CC1)c1ccc(F)c(F)c1F. The van der Waals surface area contributed by atoms with Crippen molar-refractivity contribution in [1.82, 2.24) is 0 Å². The minimum absolute atomic E-state index is 0. The Morgan fingerprint density at radius 3 is 2.38 bits per heavy atom. The van der Waals surface area contributed by atoms with Crippen molar-refractivity contribution >= 4 is 12.4 Å². The van der Waals surface area contributed by atoms with Crippen molar-refractivity contribution in [1.29, 1.82) is 0 Å². The van der Waals surface area contributed by atoms with E-state index in [9.17, 15) is 13.2 Å². The number of hydrogen-bond acceptors (Lipinski definition) is 1. The second-order valence-electron chi connectivity index (χ2n) is 4.05. The molecule has 2 N–H and O–H groups in total. The molecule has 2 rings (SSSR count). The normalized spacial score (nSPS) is 16.8. The van der Waals surface area contributed by atoms with Crippen LogP contribution in [0.4, 0.5) is 13.2 Å². The Kier molecular flexibility index (Phi) is 4.21. The lowest BCUT2D eigenvalue weighted by molar-refractivity contribution is 0.431. The summed E-state index contributed by atoms with van der Waals surface area (Å²) in [6, 6.07) is 1.61. The van der Waals surface area contributed by atoms with E-state index < -0.39 is 23.5 Å². The first-order valence-electron chi connectivity index (χ1n) is 4.98. The predicted molar refractivity (Wildman–Crippen MR) is 57.8 cm³/mol. The third-order valence-electron chi connectivity index (χ3n) is 2.75. The molecule has 0 bridgehead atoms. The van der Waals surface area contributed by atoms with E-state index >= 15 is 0 Å². The van der Waals surface area contributed by atoms with Crippen LogP contribution in [0.3, 0.4) is 0 Å². The number of halogens is 4. The molecule has 0 aromatic heterocycles. The fraction of sp³-hybridized carbons (Fsp3) is 0.455. The standard InChI is InChI=1S/C11H12F3N.ClH/c12-8-4-3-7(10(13)11(8)14)9(15)5-6-1-2-6;/h3-4,6,9H,1-2,5,15H2;1H/t9-;/m1./s1. The van der Waals surface area contributed by atoms with Gasteiger partial charge in [0.1, 0.15) is 0 Å². The lowest BCUT2D eigenvalue weighted by atomic mass is 10.0. The molecule has 5 heteroatoms. The Morgan fingerprint density at radius 2 is 1.81 bits per heavy atom. The summed E-state index contributed by atoms with van der Waals surface area (Å²) >= 11 is 0. The third-order valence-corrected chi connectivity index (χ3v) is 2.75. The molecule has 1 fully saturated rings. The molecule has 90 valence electrons. The maximum absolute atomic E-state index is 13.3. The van der Waals surface area contributed by atoms with Crippen molar-refractivity contribution in [3.63, 3.8) is 0 Å². The molecule has 1 saturated carbocycles. The highest BCUT2D eigenvalue weighted by Crippen LogP contribution is 2.37. The number of rotatable bonds is 3. The largest absolute Gasteiger partial charge is 0.324 e. The Balaban J connectivity index is 0.00000128. The van der Waals surface area contributed by atoms with Crippen LogP contribution < -0.4 is 5.73 Å². The molecule has 0 aliphatic heterocycles. The molecule has 0 heterocycles. The molecule has 1 aromatic rings. The summed E-state index contributed by atoms with van der Waals surface area (Å²) in [5.41, 5.74) is 5.80. The fourth-order valence-electron chi connectivity index (χ4n) is 1.67. The molecular weight excluding hydrogens is 239 g/mol. The Labute approximate surface area is 98.2 Å². The molecule has 1 aromatic carbocycles. The van der Waals surface area contributed by atoms with E-state index in [2.05, 4.69) is 0 Å². The van der Waals surface area contributed by atoms with Gasteiger partial charge in [-0.15, -0.1) is 12.4 Å². The van der Waals surface area contributed by atoms with E-state index in [4.69, 9.17) is 5.73 Å². The van der Waals surface area contributed by atoms with Crippen LogP contribution in [0.5, 0.6) is 0 Å². The van der Waals surface area contributed by atoms with Gasteiger partial charge in [-0.1, -0.05) is 18.9 Å². The highest BCUT2D eigenvalue weighted by molar-refractivity contribution is 5.85. The highest BCUT2D eigenvalue weighted by Gasteiger charge is 2.26. The van der Waals surface area contributed by atoms with Gasteiger partial charge in [-0.05, 0) is 18.4 Å². The average molecular weight is 252 g/mol. The second kappa shape index (κ2) is 5.06. The van der Waals surface area contributed by atoms with Crippen LogP contribution in [-0.2, 0) is 0 Å². The van der Waals surface area contributed by atoms with Gasteiger partial charge in [0.05, 0.1) is 0 Å². The first kappa shape index (κ1) is 13.3. The smallest absolute Gasteiger partial charge is 0.194 e. The summed E-state index contributed by atoms with van der Waals surface area (Å²) in [5.74, 6) is -3.23. The number of nitrogens with two attached hydrogens (primary N) is 1. The zero-order valence-corrected chi connectivity index (χ0v) is 9.37. The van der Waals surface area contributed by atoms with Gasteiger partial charge in [-0.25, -0.2) is 13.2 Å². The summed E-state index contributed by atoms with van der Waals surface area (Å²) in [7, 11) is 0. The van der Waals surface area contributed by atoms with Crippen LogP contribution in [0.15, 0.2) is 12.1 Å². The monoisotopic (exact) mass is 251 g/mol. The van der Waals surface area contributed by atoms with Gasteiger partial charge in [0.25, 0.3) is 0 Å². The number of benzene rings is 1. The van der Waals surface area contributed by atoms with Crippen molar-refractivity contribution in [2.45, 2.75) is 25.3 Å². The van der Waals surface area contributed by atoms with Gasteiger partial charge in [-0.3, -0.25) is 0 Å². The maximum Gasteiger partial charge on any atom is 0.194 e. The molecular formula is C11H13ClF3N. The molecule has 1 nitrogen and oxygen atoms in total. The Hall–Kier alpha value is -0.740. The van der Waals surface area contributed by atoms with Gasteiger partial charge < -0.3 is 5.73 Å². The molecule has 0 spiro atoms. The van der Waals surface area contributed by atoms with Crippen molar-refractivity contribution in [3.05, 3.63) is 35.1 Å². The molecule has 0 radical (unpaired) electrons. The summed E-state index contributed by atoms with van der Waals surface area (Å²) in [6.07, 6.45) is 2.83. The van der Waals surface area contributed by atoms with E-state index in [1.165, 1.54) is 6.07 Å². The molecule has 0 amide bonds. The van der Waals surface area contributed by atoms with Crippen molar-refractivity contribution in [2.24, 2.45) is 11.7 Å². The fourth-order valence-corrected chi connectivity index (χ4v) is 1.67. The predicted octanol–water partition coefficient (Wildman–Crippen LogP) is 3.33. The average Bonchev–Trinajstić information content (AvgIpc) is 2.98. The van der Waals surface area contributed by atoms with Crippen molar-refractivity contribution in [3.8, 4) is 0 Å². The quantitative estimate of drug-likeness (QED) is 0.820. The van der Waals surface area contributed by atoms with E-state index in [1.807, 2.05) is 0 Å². The third kappa shape index (κ3) is 2.68. The first-order valence-corrected chi connectivity index (χ1v) is 4.98. The van der Waals surface area contributed by atoms with Gasteiger partial charge >= 0.3 is 0 Å². The van der Waals surface area contributed by atoms with Crippen molar-refractivity contribution < 1.29 is 13.2 Å². The summed E-state index contributed by atoms with van der Waals surface area (Å²) in [4.78, 5) is 0. The zero-order valence-electron chi connectivity index (χ0n) is 8.55. The minimum atomic E-state index is -1.43. The molecule has 1 aliphatic rings. The maximum atomic E-state index is 13.3. The summed E-state index contributed by atoms with van der Waals surface area (Å²) in [6.45, 7) is 0. The van der Waals surface area contributed by atoms with E-state index in [1.54, 1.807) is 0 Å². The van der Waals surface area contributed by atoms with Gasteiger partial charge in [0, 0.05) is 11.6 Å². The molecule has 1 aliphatic carbocycles. The zero-order chi connectivity index (χ0) is 11.0. The summed E-state index contributed by atoms with van der Waals surface area (Å²) < 4.78 is 38.8. The topological polar surface area (TPSA) is 26.0 Å². The van der Waals surface area contributed by atoms with Gasteiger partial charge in [0.15, 0.2) is 17.5 Å². The minimum Gasteiger partial charge on any atom is -0.324 e. The van der Waals surface area contributed by atoms with Crippen molar-refractivity contribution in [2.75, 3.05) is 0 Å². The van der Waals surface area contributed by atoms with Crippen LogP contribution in [0, 0.1) is 23.4 Å². The molecule has 0 saturated heterocycles. The van der Waals surface area contributed by atoms with E-state index in [-0.39, 0.29) is 18.0 Å². The number of hydrogen-bond donors (Lipinski definition) is 1. The van der Waals surface area contributed by atoms with Gasteiger partial charge in [0.2, 0.25) is 0 Å².